The molecular weight excluding hydrogens is 469 g/mol. The number of carbonyl (C=O) groups is 1. The van der Waals surface area contributed by atoms with Crippen molar-refractivity contribution in [2.45, 2.75) is 23.6 Å². The number of anilines is 1. The average Bonchev–Trinajstić information content (AvgIpc) is 2.78. The summed E-state index contributed by atoms with van der Waals surface area (Å²) in [6.07, 6.45) is -1.05. The highest BCUT2D eigenvalue weighted by Crippen LogP contribution is 2.23. The summed E-state index contributed by atoms with van der Waals surface area (Å²) in [4.78, 5) is 12.7. The Morgan fingerprint density at radius 2 is 1.76 bits per heavy atom. The van der Waals surface area contributed by atoms with Crippen LogP contribution in [0, 0.1) is 17.1 Å². The number of rotatable bonds is 8. The first-order valence-electron chi connectivity index (χ1n) is 9.70. The molecular formula is C23H19ClFN3O4S. The standard InChI is InChI=1S/C23H19ClFN3O4S/c24-33(31,32)21-11-10-19(13-17(21)14-26)27-23(30)20(12-15-4-2-1-3-5-15)28-22(29)16-6-8-18(25)9-7-16/h1-11,13,20,22,28-29H,12H2,(H,27,30)/t20-,22?/m0/s1. The van der Waals surface area contributed by atoms with Crippen molar-refractivity contribution in [3.05, 3.63) is 95.3 Å². The molecule has 3 rings (SSSR count). The zero-order chi connectivity index (χ0) is 24.0. The quantitative estimate of drug-likeness (QED) is 0.330. The van der Waals surface area contributed by atoms with Gasteiger partial charge in [0.2, 0.25) is 5.91 Å². The van der Waals surface area contributed by atoms with Crippen LogP contribution in [0.1, 0.15) is 22.9 Å². The van der Waals surface area contributed by atoms with Crippen molar-refractivity contribution in [2.75, 3.05) is 5.32 Å². The minimum absolute atomic E-state index is 0.178. The van der Waals surface area contributed by atoms with Gasteiger partial charge in [-0.1, -0.05) is 42.5 Å². The van der Waals surface area contributed by atoms with Crippen LogP contribution < -0.4 is 10.6 Å². The van der Waals surface area contributed by atoms with Crippen LogP contribution in [0.4, 0.5) is 10.1 Å². The van der Waals surface area contributed by atoms with Gasteiger partial charge < -0.3 is 10.4 Å². The normalized spacial score (nSPS) is 13.0. The van der Waals surface area contributed by atoms with Gasteiger partial charge in [-0.15, -0.1) is 0 Å². The fourth-order valence-corrected chi connectivity index (χ4v) is 4.15. The van der Waals surface area contributed by atoms with Gasteiger partial charge in [0.25, 0.3) is 9.05 Å². The maximum Gasteiger partial charge on any atom is 0.262 e. The summed E-state index contributed by atoms with van der Waals surface area (Å²) in [7, 11) is 1.21. The van der Waals surface area contributed by atoms with Crippen LogP contribution in [0.3, 0.4) is 0 Å². The lowest BCUT2D eigenvalue weighted by atomic mass is 10.0. The molecule has 0 bridgehead atoms. The van der Waals surface area contributed by atoms with E-state index in [9.17, 15) is 28.0 Å². The first kappa shape index (κ1) is 24.4. The highest BCUT2D eigenvalue weighted by Gasteiger charge is 2.24. The molecule has 0 aliphatic carbocycles. The molecule has 1 unspecified atom stereocenters. The van der Waals surface area contributed by atoms with E-state index in [4.69, 9.17) is 10.7 Å². The van der Waals surface area contributed by atoms with Gasteiger partial charge in [-0.25, -0.2) is 12.8 Å². The predicted molar refractivity (Wildman–Crippen MR) is 121 cm³/mol. The second-order valence-corrected chi connectivity index (χ2v) is 9.65. The first-order chi connectivity index (χ1) is 15.7. The summed E-state index contributed by atoms with van der Waals surface area (Å²) in [5.41, 5.74) is 1.14. The predicted octanol–water partition coefficient (Wildman–Crippen LogP) is 3.46. The molecule has 33 heavy (non-hydrogen) atoms. The molecule has 10 heteroatoms. The molecule has 3 aromatic rings. The van der Waals surface area contributed by atoms with Crippen molar-refractivity contribution < 1.29 is 22.7 Å². The number of nitrogens with zero attached hydrogens (tertiary/aromatic N) is 1. The van der Waals surface area contributed by atoms with Crippen molar-refractivity contribution in [1.82, 2.24) is 5.32 Å². The van der Waals surface area contributed by atoms with Gasteiger partial charge in [0.15, 0.2) is 0 Å². The Labute approximate surface area is 194 Å². The average molecular weight is 488 g/mol. The van der Waals surface area contributed by atoms with E-state index in [1.165, 1.54) is 36.4 Å². The minimum Gasteiger partial charge on any atom is -0.374 e. The van der Waals surface area contributed by atoms with Crippen molar-refractivity contribution in [3.63, 3.8) is 0 Å². The molecule has 0 radical (unpaired) electrons. The van der Waals surface area contributed by atoms with Crippen LogP contribution in [-0.2, 0) is 20.3 Å². The number of aliphatic hydroxyl groups is 1. The van der Waals surface area contributed by atoms with E-state index < -0.39 is 33.0 Å². The lowest BCUT2D eigenvalue weighted by Gasteiger charge is -2.23. The molecule has 7 nitrogen and oxygen atoms in total. The number of halogens is 2. The lowest BCUT2D eigenvalue weighted by molar-refractivity contribution is -0.119. The highest BCUT2D eigenvalue weighted by atomic mass is 35.7. The fraction of sp³-hybridized carbons (Fsp3) is 0.130. The SMILES string of the molecule is N#Cc1cc(NC(=O)[C@H](Cc2ccccc2)NC(O)c2ccc(F)cc2)ccc1S(=O)(=O)Cl. The second kappa shape index (κ2) is 10.6. The third-order valence-corrected chi connectivity index (χ3v) is 6.15. The van der Waals surface area contributed by atoms with E-state index in [1.807, 2.05) is 30.3 Å². The number of benzene rings is 3. The van der Waals surface area contributed by atoms with Crippen LogP contribution in [0.5, 0.6) is 0 Å². The Kier molecular flexibility index (Phi) is 7.79. The Morgan fingerprint density at radius 3 is 2.36 bits per heavy atom. The molecule has 0 aliphatic rings. The second-order valence-electron chi connectivity index (χ2n) is 7.11. The Balaban J connectivity index is 1.84. The van der Waals surface area contributed by atoms with Crippen LogP contribution in [0.2, 0.25) is 0 Å². The fourth-order valence-electron chi connectivity index (χ4n) is 3.15. The summed E-state index contributed by atoms with van der Waals surface area (Å²) in [6, 6.07) is 18.7. The summed E-state index contributed by atoms with van der Waals surface area (Å²) in [5, 5.41) is 25.2. The first-order valence-corrected chi connectivity index (χ1v) is 12.0. The number of amides is 1. The van der Waals surface area contributed by atoms with Gasteiger partial charge in [0.05, 0.1) is 11.6 Å². The van der Waals surface area contributed by atoms with Gasteiger partial charge in [-0.3, -0.25) is 10.1 Å². The van der Waals surface area contributed by atoms with Crippen LogP contribution in [0.15, 0.2) is 77.7 Å². The smallest absolute Gasteiger partial charge is 0.262 e. The molecule has 0 saturated heterocycles. The zero-order valence-electron chi connectivity index (χ0n) is 17.1. The van der Waals surface area contributed by atoms with Crippen molar-refractivity contribution in [2.24, 2.45) is 0 Å². The molecule has 170 valence electrons. The van der Waals surface area contributed by atoms with E-state index in [-0.39, 0.29) is 22.6 Å². The van der Waals surface area contributed by atoms with Gasteiger partial charge in [-0.2, -0.15) is 5.26 Å². The van der Waals surface area contributed by atoms with Gasteiger partial charge in [0.1, 0.15) is 23.0 Å². The number of nitrogens with one attached hydrogen (secondary N) is 2. The maximum atomic E-state index is 13.2. The monoisotopic (exact) mass is 487 g/mol. The minimum atomic E-state index is -4.13. The number of nitriles is 1. The molecule has 3 aromatic carbocycles. The van der Waals surface area contributed by atoms with E-state index >= 15 is 0 Å². The van der Waals surface area contributed by atoms with E-state index in [2.05, 4.69) is 10.6 Å². The van der Waals surface area contributed by atoms with Crippen LogP contribution in [0.25, 0.3) is 0 Å². The van der Waals surface area contributed by atoms with Crippen molar-refractivity contribution >= 4 is 31.3 Å². The molecule has 0 aromatic heterocycles. The van der Waals surface area contributed by atoms with Gasteiger partial charge in [-0.05, 0) is 47.9 Å². The molecule has 2 atom stereocenters. The van der Waals surface area contributed by atoms with Gasteiger partial charge in [0, 0.05) is 16.4 Å². The third kappa shape index (κ3) is 6.60. The summed E-state index contributed by atoms with van der Waals surface area (Å²) in [5.74, 6) is -0.995. The lowest BCUT2D eigenvalue weighted by Crippen LogP contribution is -2.44. The highest BCUT2D eigenvalue weighted by molar-refractivity contribution is 8.13. The van der Waals surface area contributed by atoms with Crippen LogP contribution in [-0.4, -0.2) is 25.5 Å². The van der Waals surface area contributed by atoms with E-state index in [0.29, 0.717) is 5.56 Å². The molecule has 3 N–H and O–H groups in total. The summed E-state index contributed by atoms with van der Waals surface area (Å²) in [6.45, 7) is 0. The molecule has 0 spiro atoms. The van der Waals surface area contributed by atoms with E-state index in [0.717, 1.165) is 11.6 Å². The largest absolute Gasteiger partial charge is 0.374 e. The topological polar surface area (TPSA) is 119 Å². The zero-order valence-corrected chi connectivity index (χ0v) is 18.6. The van der Waals surface area contributed by atoms with Crippen molar-refractivity contribution in [3.8, 4) is 6.07 Å². The molecule has 0 saturated carbocycles. The van der Waals surface area contributed by atoms with Gasteiger partial charge >= 0.3 is 0 Å². The summed E-state index contributed by atoms with van der Waals surface area (Å²) < 4.78 is 36.4. The molecule has 0 fully saturated rings. The number of aliphatic hydroxyl groups excluding tert-OH is 1. The third-order valence-electron chi connectivity index (χ3n) is 4.77. The summed E-state index contributed by atoms with van der Waals surface area (Å²) >= 11 is 0. The molecule has 0 heterocycles. The van der Waals surface area contributed by atoms with Crippen LogP contribution >= 0.6 is 10.7 Å². The Hall–Kier alpha value is -3.29. The maximum absolute atomic E-state index is 13.2. The number of carbonyl (C=O) groups excluding carboxylic acids is 1. The molecule has 0 aliphatic heterocycles. The Morgan fingerprint density at radius 1 is 1.09 bits per heavy atom. The number of hydrogen-bond donors (Lipinski definition) is 3. The van der Waals surface area contributed by atoms with E-state index in [1.54, 1.807) is 6.07 Å². The van der Waals surface area contributed by atoms with Crippen molar-refractivity contribution in [1.29, 1.82) is 5.26 Å². The Bertz CT molecular complexity index is 1280. The molecule has 1 amide bonds. The number of hydrogen-bond acceptors (Lipinski definition) is 6.